The Bertz CT molecular complexity index is 939. The molecule has 0 bridgehead atoms. The highest BCUT2D eigenvalue weighted by atomic mass is 16.5. The number of hydrogen-bond donors (Lipinski definition) is 1. The molecule has 1 saturated carbocycles. The van der Waals surface area contributed by atoms with E-state index in [0.29, 0.717) is 29.1 Å². The van der Waals surface area contributed by atoms with Gasteiger partial charge in [0.1, 0.15) is 17.6 Å². The van der Waals surface area contributed by atoms with Gasteiger partial charge in [0, 0.05) is 35.0 Å². The molecule has 1 N–H and O–H groups in total. The Hall–Kier alpha value is -2.76. The second kappa shape index (κ2) is 9.16. The van der Waals surface area contributed by atoms with Crippen LogP contribution in [-0.2, 0) is 14.3 Å². The third-order valence-corrected chi connectivity index (χ3v) is 6.57. The molecule has 0 unspecified atom stereocenters. The Kier molecular flexibility index (Phi) is 6.35. The van der Waals surface area contributed by atoms with Crippen molar-refractivity contribution in [2.75, 3.05) is 14.2 Å². The third-order valence-electron chi connectivity index (χ3n) is 6.57. The monoisotopic (exact) mass is 425 g/mol. The van der Waals surface area contributed by atoms with Gasteiger partial charge in [0.15, 0.2) is 5.78 Å². The first-order chi connectivity index (χ1) is 15.0. The number of Topliss-reactive ketones (excluding diaryl/α,β-unsaturated/α-hetero) is 1. The molecule has 0 amide bonds. The number of rotatable bonds is 5. The highest BCUT2D eigenvalue weighted by Gasteiger charge is 2.41. The summed E-state index contributed by atoms with van der Waals surface area (Å²) in [5.41, 5.74) is 3.60. The summed E-state index contributed by atoms with van der Waals surface area (Å²) < 4.78 is 17.0. The number of ether oxygens (including phenoxy) is 3. The predicted octanol–water partition coefficient (Wildman–Crippen LogP) is 4.55. The molecule has 0 spiro atoms. The van der Waals surface area contributed by atoms with Crippen LogP contribution in [0.5, 0.6) is 11.5 Å². The fourth-order valence-electron chi connectivity index (χ4n) is 5.02. The van der Waals surface area contributed by atoms with Gasteiger partial charge >= 0.3 is 5.97 Å². The van der Waals surface area contributed by atoms with Crippen LogP contribution in [0, 0.1) is 0 Å². The second-order valence-corrected chi connectivity index (χ2v) is 8.54. The van der Waals surface area contributed by atoms with Crippen LogP contribution in [0.15, 0.2) is 40.7 Å². The van der Waals surface area contributed by atoms with Crippen molar-refractivity contribution in [3.05, 3.63) is 46.3 Å². The fraction of sp³-hybridized carbons (Fsp3) is 0.520. The van der Waals surface area contributed by atoms with Crippen LogP contribution in [0.4, 0.5) is 0 Å². The van der Waals surface area contributed by atoms with Crippen LogP contribution in [0.25, 0.3) is 0 Å². The van der Waals surface area contributed by atoms with E-state index in [-0.39, 0.29) is 17.9 Å². The van der Waals surface area contributed by atoms with Gasteiger partial charge in [0.2, 0.25) is 0 Å². The van der Waals surface area contributed by atoms with Gasteiger partial charge in [-0.2, -0.15) is 0 Å². The van der Waals surface area contributed by atoms with E-state index in [1.165, 1.54) is 6.42 Å². The summed E-state index contributed by atoms with van der Waals surface area (Å²) in [4.78, 5) is 26.5. The number of hydrogen-bond acceptors (Lipinski definition) is 6. The molecule has 0 radical (unpaired) electrons. The van der Waals surface area contributed by atoms with Crippen molar-refractivity contribution in [1.82, 2.24) is 5.32 Å². The van der Waals surface area contributed by atoms with Crippen LogP contribution in [0.1, 0.15) is 69.8 Å². The van der Waals surface area contributed by atoms with Gasteiger partial charge in [0.25, 0.3) is 0 Å². The van der Waals surface area contributed by atoms with E-state index < -0.39 is 5.92 Å². The number of methoxy groups -OCH3 is 2. The van der Waals surface area contributed by atoms with Gasteiger partial charge in [-0.25, -0.2) is 4.79 Å². The molecule has 166 valence electrons. The number of nitrogens with one attached hydrogen (secondary N) is 1. The maximum atomic E-state index is 13.4. The minimum Gasteiger partial charge on any atom is -0.497 e. The Morgan fingerprint density at radius 2 is 1.81 bits per heavy atom. The molecule has 0 saturated heterocycles. The zero-order chi connectivity index (χ0) is 22.0. The maximum absolute atomic E-state index is 13.4. The molecule has 1 aliphatic heterocycles. The number of ketones is 1. The SMILES string of the molecule is COc1ccc([C@@H]2C(C(=O)OC3CCCCC3)=C(C)NC3=C2C(=O)CCC3)c(OC)c1. The minimum absolute atomic E-state index is 0.0580. The summed E-state index contributed by atoms with van der Waals surface area (Å²) in [5.74, 6) is 0.468. The highest BCUT2D eigenvalue weighted by molar-refractivity contribution is 6.04. The molecule has 1 aromatic rings. The van der Waals surface area contributed by atoms with Crippen LogP contribution in [0.2, 0.25) is 0 Å². The molecule has 4 rings (SSSR count). The van der Waals surface area contributed by atoms with Gasteiger partial charge in [-0.05, 0) is 51.5 Å². The molecule has 2 aliphatic carbocycles. The first-order valence-electron chi connectivity index (χ1n) is 11.2. The summed E-state index contributed by atoms with van der Waals surface area (Å²) in [7, 11) is 3.19. The van der Waals surface area contributed by atoms with Crippen LogP contribution in [0.3, 0.4) is 0 Å². The van der Waals surface area contributed by atoms with Crippen molar-refractivity contribution < 1.29 is 23.8 Å². The first-order valence-corrected chi connectivity index (χ1v) is 11.2. The lowest BCUT2D eigenvalue weighted by molar-refractivity contribution is -0.146. The van der Waals surface area contributed by atoms with Crippen molar-refractivity contribution in [3.8, 4) is 11.5 Å². The maximum Gasteiger partial charge on any atom is 0.337 e. The predicted molar refractivity (Wildman–Crippen MR) is 117 cm³/mol. The van der Waals surface area contributed by atoms with Crippen molar-refractivity contribution in [2.45, 2.75) is 70.3 Å². The average Bonchev–Trinajstić information content (AvgIpc) is 2.78. The molecule has 1 atom stereocenters. The summed E-state index contributed by atoms with van der Waals surface area (Å²) >= 11 is 0. The Morgan fingerprint density at radius 1 is 1.03 bits per heavy atom. The van der Waals surface area contributed by atoms with Crippen LogP contribution < -0.4 is 14.8 Å². The number of carbonyl (C=O) groups is 2. The smallest absolute Gasteiger partial charge is 0.337 e. The summed E-state index contributed by atoms with van der Waals surface area (Å²) in [6.45, 7) is 1.89. The molecular formula is C25H31NO5. The highest BCUT2D eigenvalue weighted by Crippen LogP contribution is 2.46. The zero-order valence-corrected chi connectivity index (χ0v) is 18.6. The minimum atomic E-state index is -0.513. The van der Waals surface area contributed by atoms with E-state index in [4.69, 9.17) is 14.2 Å². The lowest BCUT2D eigenvalue weighted by atomic mass is 9.75. The van der Waals surface area contributed by atoms with E-state index in [2.05, 4.69) is 5.32 Å². The Morgan fingerprint density at radius 3 is 2.52 bits per heavy atom. The number of dihydropyridines is 1. The molecule has 1 heterocycles. The van der Waals surface area contributed by atoms with E-state index in [1.54, 1.807) is 20.3 Å². The lowest BCUT2D eigenvalue weighted by Gasteiger charge is -2.35. The zero-order valence-electron chi connectivity index (χ0n) is 18.6. The molecular weight excluding hydrogens is 394 g/mol. The quantitative estimate of drug-likeness (QED) is 0.698. The fourth-order valence-corrected chi connectivity index (χ4v) is 5.02. The van der Waals surface area contributed by atoms with Crippen molar-refractivity contribution >= 4 is 11.8 Å². The van der Waals surface area contributed by atoms with Gasteiger partial charge in [-0.1, -0.05) is 12.5 Å². The van der Waals surface area contributed by atoms with Gasteiger partial charge in [0.05, 0.1) is 25.7 Å². The summed E-state index contributed by atoms with van der Waals surface area (Å²) in [6, 6.07) is 5.53. The molecule has 3 aliphatic rings. The molecule has 0 aromatic heterocycles. The Balaban J connectivity index is 1.79. The molecule has 1 aromatic carbocycles. The van der Waals surface area contributed by atoms with Gasteiger partial charge in [-0.15, -0.1) is 0 Å². The van der Waals surface area contributed by atoms with Crippen LogP contribution in [-0.4, -0.2) is 32.1 Å². The third kappa shape index (κ3) is 4.21. The lowest BCUT2D eigenvalue weighted by Crippen LogP contribution is -2.35. The van der Waals surface area contributed by atoms with Crippen molar-refractivity contribution in [3.63, 3.8) is 0 Å². The van der Waals surface area contributed by atoms with Crippen LogP contribution >= 0.6 is 0 Å². The number of allylic oxidation sites excluding steroid dienone is 3. The van der Waals surface area contributed by atoms with E-state index >= 15 is 0 Å². The number of esters is 1. The molecule has 6 nitrogen and oxygen atoms in total. The first kappa shape index (κ1) is 21.5. The normalized spacial score (nSPS) is 22.0. The number of carbonyl (C=O) groups excluding carboxylic acids is 2. The van der Waals surface area contributed by atoms with E-state index in [9.17, 15) is 9.59 Å². The molecule has 1 fully saturated rings. The summed E-state index contributed by atoms with van der Waals surface area (Å²) in [5, 5.41) is 3.35. The standard InChI is InChI=1S/C25H31NO5/c1-15-22(25(28)31-16-8-5-4-6-9-16)23(24-19(26-15)10-7-11-20(24)27)18-13-12-17(29-2)14-21(18)30-3/h12-14,16,23,26H,4-11H2,1-3H3/t23-/m1/s1. The van der Waals surface area contributed by atoms with Crippen molar-refractivity contribution in [1.29, 1.82) is 0 Å². The molecule has 6 heteroatoms. The molecule has 31 heavy (non-hydrogen) atoms. The van der Waals surface area contributed by atoms with Gasteiger partial charge < -0.3 is 19.5 Å². The largest absolute Gasteiger partial charge is 0.497 e. The van der Waals surface area contributed by atoms with Crippen molar-refractivity contribution in [2.24, 2.45) is 0 Å². The van der Waals surface area contributed by atoms with E-state index in [0.717, 1.165) is 55.5 Å². The van der Waals surface area contributed by atoms with E-state index in [1.807, 2.05) is 19.1 Å². The second-order valence-electron chi connectivity index (χ2n) is 8.54. The number of benzene rings is 1. The topological polar surface area (TPSA) is 73.9 Å². The average molecular weight is 426 g/mol. The Labute approximate surface area is 183 Å². The van der Waals surface area contributed by atoms with Gasteiger partial charge in [-0.3, -0.25) is 4.79 Å². The summed E-state index contributed by atoms with van der Waals surface area (Å²) in [6.07, 6.45) is 7.18.